The van der Waals surface area contributed by atoms with Gasteiger partial charge in [0.25, 0.3) is 0 Å². The van der Waals surface area contributed by atoms with Gasteiger partial charge in [0, 0.05) is 10.9 Å². The number of carbonyl (C=O) groups excluding carboxylic acids is 1. The largest absolute Gasteiger partial charge is 0.333 e. The molecule has 2 aromatic carbocycles. The van der Waals surface area contributed by atoms with Crippen LogP contribution in [0.1, 0.15) is 0 Å². The quantitative estimate of drug-likeness (QED) is 0.475. The lowest BCUT2D eigenvalue weighted by molar-refractivity contribution is -0.113. The summed E-state index contributed by atoms with van der Waals surface area (Å²) in [5, 5.41) is 5.20. The number of benzene rings is 2. The molecule has 4 aromatic rings. The van der Waals surface area contributed by atoms with Gasteiger partial charge in [-0.15, -0.1) is 11.3 Å². The predicted molar refractivity (Wildman–Crippen MR) is 103 cm³/mol. The zero-order valence-electron chi connectivity index (χ0n) is 13.7. The minimum Gasteiger partial charge on any atom is -0.333 e. The van der Waals surface area contributed by atoms with Gasteiger partial charge in [0.2, 0.25) is 5.91 Å². The molecule has 0 bridgehead atoms. The molecule has 27 heavy (non-hydrogen) atoms. The fourth-order valence-electron chi connectivity index (χ4n) is 2.44. The van der Waals surface area contributed by atoms with Gasteiger partial charge >= 0.3 is 0 Å². The van der Waals surface area contributed by atoms with Crippen molar-refractivity contribution in [2.75, 3.05) is 11.1 Å². The van der Waals surface area contributed by atoms with Crippen molar-refractivity contribution in [1.29, 1.82) is 0 Å². The number of H-pyrrole nitrogens is 1. The van der Waals surface area contributed by atoms with Gasteiger partial charge in [-0.3, -0.25) is 4.79 Å². The number of hydrogen-bond donors (Lipinski definition) is 2. The second-order valence-corrected chi connectivity index (χ2v) is 7.38. The number of hydrogen-bond acceptors (Lipinski definition) is 5. The second kappa shape index (κ2) is 7.45. The molecule has 136 valence electrons. The van der Waals surface area contributed by atoms with Crippen LogP contribution >= 0.6 is 23.1 Å². The number of fused-ring (bicyclic) bond motifs is 1. The van der Waals surface area contributed by atoms with Crippen molar-refractivity contribution < 1.29 is 13.6 Å². The van der Waals surface area contributed by atoms with E-state index in [0.29, 0.717) is 10.3 Å². The van der Waals surface area contributed by atoms with Crippen molar-refractivity contribution in [2.24, 2.45) is 0 Å². The molecule has 9 heteroatoms. The molecule has 0 spiro atoms. The van der Waals surface area contributed by atoms with E-state index in [4.69, 9.17) is 0 Å². The standard InChI is InChI=1S/C18H12F2N4OS2/c19-10-5-6-12(20)11(7-10)15-8-26-18(23-15)24-16(25)9-27-17-21-13-3-1-2-4-14(13)22-17/h1-8H,9H2,(H,21,22)(H,23,24,25). The van der Waals surface area contributed by atoms with Crippen LogP contribution in [0.3, 0.4) is 0 Å². The maximum atomic E-state index is 13.8. The van der Waals surface area contributed by atoms with E-state index in [2.05, 4.69) is 20.3 Å². The van der Waals surface area contributed by atoms with Gasteiger partial charge < -0.3 is 10.3 Å². The van der Waals surface area contributed by atoms with Crippen LogP contribution in [0.15, 0.2) is 53.0 Å². The Labute approximate surface area is 160 Å². The smallest absolute Gasteiger partial charge is 0.236 e. The fourth-order valence-corrected chi connectivity index (χ4v) is 3.85. The first kappa shape index (κ1) is 17.6. The van der Waals surface area contributed by atoms with E-state index in [1.165, 1.54) is 11.8 Å². The molecular formula is C18H12F2N4OS2. The number of aromatic amines is 1. The number of para-hydroxylation sites is 2. The maximum Gasteiger partial charge on any atom is 0.236 e. The number of halogens is 2. The molecule has 0 aliphatic carbocycles. The predicted octanol–water partition coefficient (Wildman–Crippen LogP) is 4.70. The van der Waals surface area contributed by atoms with Crippen LogP contribution < -0.4 is 5.32 Å². The topological polar surface area (TPSA) is 70.7 Å². The van der Waals surface area contributed by atoms with Crippen molar-refractivity contribution in [3.8, 4) is 11.3 Å². The number of rotatable bonds is 5. The summed E-state index contributed by atoms with van der Waals surface area (Å²) in [4.78, 5) is 23.8. The highest BCUT2D eigenvalue weighted by atomic mass is 32.2. The van der Waals surface area contributed by atoms with E-state index in [9.17, 15) is 13.6 Å². The first-order valence-corrected chi connectivity index (χ1v) is 9.73. The lowest BCUT2D eigenvalue weighted by Gasteiger charge is -2.01. The number of thiazole rings is 1. The Kier molecular flexibility index (Phi) is 4.87. The molecule has 4 rings (SSSR count). The molecule has 0 saturated heterocycles. The molecule has 0 saturated carbocycles. The first-order valence-electron chi connectivity index (χ1n) is 7.87. The molecule has 1 amide bonds. The molecule has 2 N–H and O–H groups in total. The second-order valence-electron chi connectivity index (χ2n) is 5.56. The summed E-state index contributed by atoms with van der Waals surface area (Å²) in [6.07, 6.45) is 0. The number of imidazole rings is 1. The highest BCUT2D eigenvalue weighted by Gasteiger charge is 2.13. The van der Waals surface area contributed by atoms with Crippen LogP contribution in [-0.4, -0.2) is 26.6 Å². The zero-order chi connectivity index (χ0) is 18.8. The lowest BCUT2D eigenvalue weighted by atomic mass is 10.1. The van der Waals surface area contributed by atoms with Crippen LogP contribution in [-0.2, 0) is 4.79 Å². The van der Waals surface area contributed by atoms with E-state index in [-0.39, 0.29) is 22.9 Å². The summed E-state index contributed by atoms with van der Waals surface area (Å²) in [5.74, 6) is -1.24. The molecule has 2 aromatic heterocycles. The number of anilines is 1. The summed E-state index contributed by atoms with van der Waals surface area (Å²) in [7, 11) is 0. The van der Waals surface area contributed by atoms with Crippen molar-refractivity contribution in [2.45, 2.75) is 5.16 Å². The average Bonchev–Trinajstić information content (AvgIpc) is 3.28. The normalized spacial score (nSPS) is 11.0. The van der Waals surface area contributed by atoms with Gasteiger partial charge in [0.1, 0.15) is 11.6 Å². The third-order valence-corrected chi connectivity index (χ3v) is 5.29. The summed E-state index contributed by atoms with van der Waals surface area (Å²) in [6, 6.07) is 10.8. The first-order chi connectivity index (χ1) is 13.1. The van der Waals surface area contributed by atoms with Gasteiger partial charge in [-0.25, -0.2) is 18.7 Å². The molecule has 0 aliphatic heterocycles. The summed E-state index contributed by atoms with van der Waals surface area (Å²) >= 11 is 2.42. The van der Waals surface area contributed by atoms with Crippen LogP contribution in [0.25, 0.3) is 22.3 Å². The fraction of sp³-hybridized carbons (Fsp3) is 0.0556. The van der Waals surface area contributed by atoms with E-state index in [0.717, 1.165) is 40.6 Å². The Hall–Kier alpha value is -2.78. The Balaban J connectivity index is 1.40. The van der Waals surface area contributed by atoms with Crippen LogP contribution in [0, 0.1) is 11.6 Å². The minimum atomic E-state index is -0.569. The van der Waals surface area contributed by atoms with E-state index < -0.39 is 11.6 Å². The van der Waals surface area contributed by atoms with E-state index in [1.54, 1.807) is 5.38 Å². The number of thioether (sulfide) groups is 1. The molecule has 5 nitrogen and oxygen atoms in total. The number of nitrogens with one attached hydrogen (secondary N) is 2. The van der Waals surface area contributed by atoms with E-state index in [1.807, 2.05) is 24.3 Å². The van der Waals surface area contributed by atoms with Crippen molar-refractivity contribution in [3.63, 3.8) is 0 Å². The number of carbonyl (C=O) groups is 1. The molecule has 0 unspecified atom stereocenters. The van der Waals surface area contributed by atoms with Gasteiger partial charge in [-0.2, -0.15) is 0 Å². The monoisotopic (exact) mass is 402 g/mol. The van der Waals surface area contributed by atoms with Crippen molar-refractivity contribution in [1.82, 2.24) is 15.0 Å². The van der Waals surface area contributed by atoms with Crippen LogP contribution in [0.5, 0.6) is 0 Å². The summed E-state index contributed by atoms with van der Waals surface area (Å²) < 4.78 is 27.1. The van der Waals surface area contributed by atoms with Crippen LogP contribution in [0.4, 0.5) is 13.9 Å². The molecule has 0 atom stereocenters. The Morgan fingerprint density at radius 3 is 2.89 bits per heavy atom. The number of amides is 1. The Morgan fingerprint density at radius 2 is 2.04 bits per heavy atom. The van der Waals surface area contributed by atoms with Gasteiger partial charge in [0.05, 0.1) is 22.5 Å². The van der Waals surface area contributed by atoms with Gasteiger partial charge in [-0.05, 0) is 30.3 Å². The summed E-state index contributed by atoms with van der Waals surface area (Å²) in [5.41, 5.74) is 2.07. The number of aromatic nitrogens is 3. The Bertz CT molecular complexity index is 1090. The average molecular weight is 402 g/mol. The zero-order valence-corrected chi connectivity index (χ0v) is 15.3. The third kappa shape index (κ3) is 3.99. The molecule has 0 radical (unpaired) electrons. The third-order valence-electron chi connectivity index (χ3n) is 3.66. The highest BCUT2D eigenvalue weighted by Crippen LogP contribution is 2.28. The highest BCUT2D eigenvalue weighted by molar-refractivity contribution is 7.99. The number of nitrogens with zero attached hydrogens (tertiary/aromatic N) is 2. The Morgan fingerprint density at radius 1 is 1.19 bits per heavy atom. The molecular weight excluding hydrogens is 390 g/mol. The van der Waals surface area contributed by atoms with Crippen molar-refractivity contribution >= 4 is 45.2 Å². The van der Waals surface area contributed by atoms with Gasteiger partial charge in [-0.1, -0.05) is 23.9 Å². The van der Waals surface area contributed by atoms with Crippen molar-refractivity contribution in [3.05, 3.63) is 59.5 Å². The lowest BCUT2D eigenvalue weighted by Crippen LogP contribution is -2.13. The summed E-state index contributed by atoms with van der Waals surface area (Å²) in [6.45, 7) is 0. The molecule has 0 fully saturated rings. The molecule has 0 aliphatic rings. The van der Waals surface area contributed by atoms with Crippen LogP contribution in [0.2, 0.25) is 0 Å². The van der Waals surface area contributed by atoms with E-state index >= 15 is 0 Å². The molecule has 2 heterocycles. The SMILES string of the molecule is O=C(CSc1nc2ccccc2[nH]1)Nc1nc(-c2cc(F)ccc2F)cs1. The van der Waals surface area contributed by atoms with Gasteiger partial charge in [0.15, 0.2) is 10.3 Å². The minimum absolute atomic E-state index is 0.0587. The maximum absolute atomic E-state index is 13.8.